The van der Waals surface area contributed by atoms with Gasteiger partial charge in [-0.05, 0) is 36.1 Å². The van der Waals surface area contributed by atoms with Crippen molar-refractivity contribution in [2.45, 2.75) is 19.4 Å². The predicted octanol–water partition coefficient (Wildman–Crippen LogP) is 2.65. The van der Waals surface area contributed by atoms with Gasteiger partial charge in [-0.25, -0.2) is 0 Å². The summed E-state index contributed by atoms with van der Waals surface area (Å²) in [7, 11) is 3.44. The lowest BCUT2D eigenvalue weighted by molar-refractivity contribution is -0.134. The summed E-state index contributed by atoms with van der Waals surface area (Å²) in [4.78, 5) is 26.5. The largest absolute Gasteiger partial charge is 0.497 e. The van der Waals surface area contributed by atoms with Gasteiger partial charge in [-0.15, -0.1) is 0 Å². The number of amides is 2. The minimum Gasteiger partial charge on any atom is -0.497 e. The Labute approximate surface area is 160 Å². The van der Waals surface area contributed by atoms with Crippen LogP contribution in [-0.4, -0.2) is 37.4 Å². The summed E-state index contributed by atoms with van der Waals surface area (Å²) in [6.45, 7) is 1.13. The van der Waals surface area contributed by atoms with Crippen molar-refractivity contribution in [2.24, 2.45) is 11.8 Å². The van der Waals surface area contributed by atoms with Gasteiger partial charge >= 0.3 is 0 Å². The van der Waals surface area contributed by atoms with Gasteiger partial charge in [-0.2, -0.15) is 0 Å². The summed E-state index contributed by atoms with van der Waals surface area (Å²) >= 11 is 0. The first-order valence-corrected chi connectivity index (χ1v) is 9.28. The van der Waals surface area contributed by atoms with Gasteiger partial charge in [0.1, 0.15) is 5.75 Å². The average molecular weight is 366 g/mol. The molecule has 0 radical (unpaired) electrons. The van der Waals surface area contributed by atoms with Crippen LogP contribution < -0.4 is 10.1 Å². The van der Waals surface area contributed by atoms with Crippen LogP contribution in [0.2, 0.25) is 0 Å². The van der Waals surface area contributed by atoms with E-state index in [1.54, 1.807) is 19.1 Å². The Bertz CT molecular complexity index is 791. The molecule has 27 heavy (non-hydrogen) atoms. The summed E-state index contributed by atoms with van der Waals surface area (Å²) in [6, 6.07) is 17.7. The van der Waals surface area contributed by atoms with E-state index in [4.69, 9.17) is 4.74 Å². The molecule has 2 aromatic carbocycles. The van der Waals surface area contributed by atoms with E-state index in [0.717, 1.165) is 23.3 Å². The van der Waals surface area contributed by atoms with Crippen molar-refractivity contribution in [1.82, 2.24) is 10.2 Å². The summed E-state index contributed by atoms with van der Waals surface area (Å²) < 4.78 is 5.21. The first-order valence-electron chi connectivity index (χ1n) is 9.28. The topological polar surface area (TPSA) is 58.6 Å². The molecule has 1 aliphatic rings. The van der Waals surface area contributed by atoms with Crippen molar-refractivity contribution in [3.8, 4) is 5.75 Å². The Balaban J connectivity index is 1.42. The maximum atomic E-state index is 12.5. The Morgan fingerprint density at radius 3 is 2.56 bits per heavy atom. The Morgan fingerprint density at radius 2 is 1.81 bits per heavy atom. The molecule has 1 N–H and O–H groups in total. The number of methoxy groups -OCH3 is 1. The number of carbonyl (C=O) groups excluding carboxylic acids is 2. The highest BCUT2D eigenvalue weighted by Crippen LogP contribution is 2.40. The molecule has 3 rings (SSSR count). The first-order chi connectivity index (χ1) is 13.1. The lowest BCUT2D eigenvalue weighted by Gasteiger charge is -2.17. The first kappa shape index (κ1) is 19.0. The van der Waals surface area contributed by atoms with Crippen LogP contribution in [0.15, 0.2) is 54.6 Å². The Kier molecular flexibility index (Phi) is 6.12. The van der Waals surface area contributed by atoms with Gasteiger partial charge in [-0.1, -0.05) is 42.5 Å². The average Bonchev–Trinajstić information content (AvgIpc) is 3.49. The number of rotatable bonds is 8. The maximum absolute atomic E-state index is 12.5. The molecule has 2 amide bonds. The molecule has 2 unspecified atom stereocenters. The van der Waals surface area contributed by atoms with Crippen molar-refractivity contribution in [2.75, 3.05) is 20.7 Å². The van der Waals surface area contributed by atoms with Gasteiger partial charge in [0.05, 0.1) is 18.9 Å². The molecular formula is C22H26N2O3. The molecule has 0 heterocycles. The summed E-state index contributed by atoms with van der Waals surface area (Å²) in [6.07, 6.45) is 1.38. The van der Waals surface area contributed by atoms with Crippen molar-refractivity contribution < 1.29 is 14.3 Å². The summed E-state index contributed by atoms with van der Waals surface area (Å²) in [5, 5.41) is 2.95. The second-order valence-electron chi connectivity index (χ2n) is 7.02. The molecule has 1 saturated carbocycles. The third kappa shape index (κ3) is 5.09. The number of nitrogens with one attached hydrogen (secondary N) is 1. The molecule has 1 fully saturated rings. The summed E-state index contributed by atoms with van der Waals surface area (Å²) in [5.41, 5.74) is 2.20. The molecule has 0 bridgehead atoms. The number of ether oxygens (including phenoxy) is 1. The van der Waals surface area contributed by atoms with Gasteiger partial charge in [0.15, 0.2) is 0 Å². The highest BCUT2D eigenvalue weighted by molar-refractivity contribution is 5.92. The quantitative estimate of drug-likeness (QED) is 0.781. The molecule has 0 saturated heterocycles. The highest BCUT2D eigenvalue weighted by Gasteiger charge is 2.48. The van der Waals surface area contributed by atoms with E-state index in [1.165, 1.54) is 0 Å². The van der Waals surface area contributed by atoms with Crippen molar-refractivity contribution in [3.05, 3.63) is 65.7 Å². The third-order valence-electron chi connectivity index (χ3n) is 4.93. The minimum atomic E-state index is -0.193. The molecule has 5 nitrogen and oxygen atoms in total. The van der Waals surface area contributed by atoms with Gasteiger partial charge in [0.25, 0.3) is 0 Å². The van der Waals surface area contributed by atoms with Gasteiger partial charge in [-0.3, -0.25) is 9.59 Å². The molecule has 1 aliphatic carbocycles. The second kappa shape index (κ2) is 8.71. The van der Waals surface area contributed by atoms with Crippen LogP contribution in [0.3, 0.4) is 0 Å². The lowest BCUT2D eigenvalue weighted by atomic mass is 10.1. The van der Waals surface area contributed by atoms with Crippen molar-refractivity contribution >= 4 is 11.8 Å². The standard InChI is InChI=1S/C22H26N2O3/c1-24(15-17-7-4-3-5-8-17)22(26)20-14-19(20)21(25)23-12-11-16-9-6-10-18(13-16)27-2/h3-10,13,19-20H,11-12,14-15H2,1-2H3,(H,23,25). The number of benzene rings is 2. The van der Waals surface area contributed by atoms with Gasteiger partial charge in [0, 0.05) is 20.1 Å². The summed E-state index contributed by atoms with van der Waals surface area (Å²) in [5.74, 6) is 0.459. The third-order valence-corrected chi connectivity index (χ3v) is 4.93. The van der Waals surface area contributed by atoms with E-state index in [-0.39, 0.29) is 23.7 Å². The van der Waals surface area contributed by atoms with E-state index >= 15 is 0 Å². The van der Waals surface area contributed by atoms with Gasteiger partial charge in [0.2, 0.25) is 11.8 Å². The normalized spacial score (nSPS) is 17.9. The molecule has 2 atom stereocenters. The predicted molar refractivity (Wildman–Crippen MR) is 104 cm³/mol. The molecular weight excluding hydrogens is 340 g/mol. The van der Waals surface area contributed by atoms with Crippen LogP contribution in [0.4, 0.5) is 0 Å². The molecule has 0 aromatic heterocycles. The number of hydrogen-bond donors (Lipinski definition) is 1. The van der Waals surface area contributed by atoms with Gasteiger partial charge < -0.3 is 15.0 Å². The fourth-order valence-corrected chi connectivity index (χ4v) is 3.27. The number of nitrogens with zero attached hydrogens (tertiary/aromatic N) is 1. The van der Waals surface area contributed by atoms with E-state index < -0.39 is 0 Å². The fraction of sp³-hybridized carbons (Fsp3) is 0.364. The molecule has 5 heteroatoms. The zero-order chi connectivity index (χ0) is 19.2. The maximum Gasteiger partial charge on any atom is 0.226 e. The molecule has 0 spiro atoms. The SMILES string of the molecule is COc1cccc(CCNC(=O)C2CC2C(=O)N(C)Cc2ccccc2)c1. The zero-order valence-electron chi connectivity index (χ0n) is 15.9. The Hall–Kier alpha value is -2.82. The molecule has 2 aromatic rings. The van der Waals surface area contributed by atoms with E-state index in [9.17, 15) is 9.59 Å². The molecule has 142 valence electrons. The van der Waals surface area contributed by atoms with Crippen molar-refractivity contribution in [1.29, 1.82) is 0 Å². The second-order valence-corrected chi connectivity index (χ2v) is 7.02. The van der Waals surface area contributed by atoms with Crippen LogP contribution in [0, 0.1) is 11.8 Å². The number of carbonyl (C=O) groups is 2. The van der Waals surface area contributed by atoms with E-state index in [0.29, 0.717) is 19.5 Å². The van der Waals surface area contributed by atoms with Crippen LogP contribution in [0.25, 0.3) is 0 Å². The van der Waals surface area contributed by atoms with E-state index in [1.807, 2.05) is 54.6 Å². The van der Waals surface area contributed by atoms with Crippen molar-refractivity contribution in [3.63, 3.8) is 0 Å². The molecule has 0 aliphatic heterocycles. The van der Waals surface area contributed by atoms with Crippen LogP contribution >= 0.6 is 0 Å². The van der Waals surface area contributed by atoms with E-state index in [2.05, 4.69) is 5.32 Å². The number of hydrogen-bond acceptors (Lipinski definition) is 3. The Morgan fingerprint density at radius 1 is 1.07 bits per heavy atom. The van der Waals surface area contributed by atoms with Crippen LogP contribution in [0.5, 0.6) is 5.75 Å². The monoisotopic (exact) mass is 366 g/mol. The highest BCUT2D eigenvalue weighted by atomic mass is 16.5. The van der Waals surface area contributed by atoms with Crippen LogP contribution in [-0.2, 0) is 22.6 Å². The lowest BCUT2D eigenvalue weighted by Crippen LogP contribution is -2.32. The van der Waals surface area contributed by atoms with Crippen LogP contribution in [0.1, 0.15) is 17.5 Å². The smallest absolute Gasteiger partial charge is 0.226 e. The zero-order valence-corrected chi connectivity index (χ0v) is 15.9. The minimum absolute atomic E-state index is 0.0237. The fourth-order valence-electron chi connectivity index (χ4n) is 3.27.